The standard InChI is InChI=1S/C58H80ClN7O15/c1-11-63(7)34-42-29-40-15-13-19-60-53(40)66(42)21-17-43(67)30-41(31-50(70)71)54(72)61-20-23-78-25-24-77-22-18-48(68)64(8)38(5)55(73)80-47-32-49(69)65(9)44-28-39(27-36(3)51(44)59)26-35(2)14-12-16-46(76-10)58(75)33-45(79-56(74)62-58)37(4)52-57(47,6)81-52/h12-16,19,27-29,37-38,41,45-47,52,75H,11,17-18,20-26,30-34H2,1-10H3,(H,61,72)(H,62,74)(H,70,71)/b16-12+,35-14+/t37-,38+,41+,45+,46-,47+,52?,57+,58-/m1/s1. The van der Waals surface area contributed by atoms with Crippen LogP contribution in [-0.2, 0) is 76.7 Å². The van der Waals surface area contributed by atoms with Gasteiger partial charge in [-0.2, -0.15) is 0 Å². The lowest BCUT2D eigenvalue weighted by atomic mass is 9.83. The van der Waals surface area contributed by atoms with E-state index in [1.807, 2.05) is 61.9 Å². The number of allylic oxidation sites excluding steroid dienone is 3. The van der Waals surface area contributed by atoms with Gasteiger partial charge in [-0.3, -0.25) is 29.3 Å². The van der Waals surface area contributed by atoms with E-state index in [9.17, 15) is 43.8 Å². The van der Waals surface area contributed by atoms with Crippen LogP contribution in [0.5, 0.6) is 0 Å². The minimum atomic E-state index is -1.87. The van der Waals surface area contributed by atoms with Crippen LogP contribution in [-0.4, -0.2) is 181 Å². The molecule has 2 aromatic heterocycles. The number of amides is 4. The van der Waals surface area contributed by atoms with Gasteiger partial charge in [0.1, 0.15) is 41.4 Å². The molecule has 2 saturated heterocycles. The van der Waals surface area contributed by atoms with Gasteiger partial charge in [-0.25, -0.2) is 14.6 Å². The number of ether oxygens (including phenoxy) is 6. The van der Waals surface area contributed by atoms with E-state index < -0.39 is 95.8 Å². The normalized spacial score (nSPS) is 24.9. The number of carbonyl (C=O) groups is 7. The smallest absolute Gasteiger partial charge is 0.409 e. The molecule has 81 heavy (non-hydrogen) atoms. The summed E-state index contributed by atoms with van der Waals surface area (Å²) in [7, 11) is 6.45. The highest BCUT2D eigenvalue weighted by Gasteiger charge is 2.64. The van der Waals surface area contributed by atoms with Crippen LogP contribution in [0.1, 0.15) is 90.0 Å². The van der Waals surface area contributed by atoms with Crippen molar-refractivity contribution in [3.63, 3.8) is 0 Å². The number of aromatic nitrogens is 2. The number of aliphatic hydroxyl groups is 1. The minimum Gasteiger partial charge on any atom is -0.481 e. The first-order valence-corrected chi connectivity index (χ1v) is 27.8. The number of aliphatic carboxylic acids is 1. The number of epoxide rings is 1. The van der Waals surface area contributed by atoms with E-state index in [0.717, 1.165) is 40.0 Å². The van der Waals surface area contributed by atoms with Crippen molar-refractivity contribution in [3.05, 3.63) is 82.2 Å². The van der Waals surface area contributed by atoms with Crippen LogP contribution in [0, 0.1) is 18.8 Å². The molecule has 1 aromatic carbocycles. The average Bonchev–Trinajstić information content (AvgIpc) is 4.02. The second-order valence-electron chi connectivity index (χ2n) is 21.6. The lowest BCUT2D eigenvalue weighted by Gasteiger charge is -2.42. The molecule has 0 spiro atoms. The van der Waals surface area contributed by atoms with Crippen LogP contribution < -0.4 is 15.5 Å². The Labute approximate surface area is 478 Å². The number of hydrogen-bond donors (Lipinski definition) is 4. The first-order valence-electron chi connectivity index (χ1n) is 27.4. The van der Waals surface area contributed by atoms with Gasteiger partial charge in [0.25, 0.3) is 0 Å². The van der Waals surface area contributed by atoms with E-state index >= 15 is 0 Å². The molecule has 4 amide bonds. The minimum absolute atomic E-state index is 0.0179. The van der Waals surface area contributed by atoms with Gasteiger partial charge < -0.3 is 63.2 Å². The molecule has 23 heteroatoms. The molecule has 3 aliphatic heterocycles. The Balaban J connectivity index is 0.990. The molecular weight excluding hydrogens is 1070 g/mol. The largest absolute Gasteiger partial charge is 0.481 e. The number of fused-ring (bicyclic) bond motifs is 6. The fourth-order valence-corrected chi connectivity index (χ4v) is 10.5. The van der Waals surface area contributed by atoms with Gasteiger partial charge >= 0.3 is 18.0 Å². The Morgan fingerprint density at radius 2 is 1.78 bits per heavy atom. The molecule has 6 rings (SSSR count). The highest BCUT2D eigenvalue weighted by molar-refractivity contribution is 6.34. The number of ketones is 1. The summed E-state index contributed by atoms with van der Waals surface area (Å²) in [5, 5.41) is 27.9. The quantitative estimate of drug-likeness (QED) is 0.0504. The summed E-state index contributed by atoms with van der Waals surface area (Å²) in [5.41, 5.74) is 1.60. The van der Waals surface area contributed by atoms with Crippen molar-refractivity contribution in [1.82, 2.24) is 30.0 Å². The molecular formula is C58H80ClN7O15. The number of rotatable bonds is 24. The highest BCUT2D eigenvalue weighted by atomic mass is 35.5. The maximum atomic E-state index is 14.3. The van der Waals surface area contributed by atoms with E-state index in [-0.39, 0.29) is 70.9 Å². The second-order valence-corrected chi connectivity index (χ2v) is 22.0. The number of esters is 1. The van der Waals surface area contributed by atoms with Crippen LogP contribution in [0.4, 0.5) is 10.5 Å². The summed E-state index contributed by atoms with van der Waals surface area (Å²) >= 11 is 6.83. The van der Waals surface area contributed by atoms with Gasteiger partial charge in [0.2, 0.25) is 17.7 Å². The number of anilines is 1. The predicted octanol–water partition coefficient (Wildman–Crippen LogP) is 5.30. The number of pyridine rings is 1. The monoisotopic (exact) mass is 1150 g/mol. The van der Waals surface area contributed by atoms with Crippen LogP contribution >= 0.6 is 11.6 Å². The zero-order valence-corrected chi connectivity index (χ0v) is 48.9. The Morgan fingerprint density at radius 1 is 1.05 bits per heavy atom. The predicted molar refractivity (Wildman–Crippen MR) is 300 cm³/mol. The van der Waals surface area contributed by atoms with Gasteiger partial charge in [-0.1, -0.05) is 55.3 Å². The molecule has 0 saturated carbocycles. The lowest BCUT2D eigenvalue weighted by Crippen LogP contribution is -2.63. The number of methoxy groups -OCH3 is 1. The molecule has 5 heterocycles. The van der Waals surface area contributed by atoms with Crippen LogP contribution in [0.25, 0.3) is 11.0 Å². The molecule has 22 nitrogen and oxygen atoms in total. The van der Waals surface area contributed by atoms with Crippen molar-refractivity contribution in [2.24, 2.45) is 11.8 Å². The highest BCUT2D eigenvalue weighted by Crippen LogP contribution is 2.49. The number of halogens is 1. The van der Waals surface area contributed by atoms with Gasteiger partial charge in [-0.05, 0) is 83.1 Å². The third-order valence-electron chi connectivity index (χ3n) is 15.5. The number of hydrogen-bond acceptors (Lipinski definition) is 16. The van der Waals surface area contributed by atoms with Gasteiger partial charge in [0.05, 0.1) is 68.4 Å². The summed E-state index contributed by atoms with van der Waals surface area (Å²) in [5.74, 6) is -5.36. The Morgan fingerprint density at radius 3 is 2.48 bits per heavy atom. The molecule has 444 valence electrons. The first kappa shape index (κ1) is 63.9. The number of benzene rings is 1. The molecule has 0 radical (unpaired) electrons. The van der Waals surface area contributed by atoms with Crippen molar-refractivity contribution in [2.45, 2.75) is 141 Å². The maximum Gasteiger partial charge on any atom is 0.409 e. The van der Waals surface area contributed by atoms with Crippen LogP contribution in [0.15, 0.2) is 60.3 Å². The number of likely N-dealkylation sites (N-methyl/N-ethyl adjacent to an activating group) is 1. The molecule has 1 unspecified atom stereocenters. The number of Topliss-reactive ketones (excluding diaryl/α,β-unsaturated/α-hetero) is 1. The molecule has 0 aliphatic carbocycles. The van der Waals surface area contributed by atoms with Crippen LogP contribution in [0.3, 0.4) is 0 Å². The Kier molecular flexibility index (Phi) is 22.6. The van der Waals surface area contributed by atoms with E-state index in [2.05, 4.69) is 27.4 Å². The first-order chi connectivity index (χ1) is 38.4. The number of nitrogens with one attached hydrogen (secondary N) is 2. The molecule has 3 aliphatic rings. The van der Waals surface area contributed by atoms with E-state index in [1.54, 1.807) is 39.2 Å². The number of nitrogens with zero attached hydrogens (tertiary/aromatic N) is 5. The summed E-state index contributed by atoms with van der Waals surface area (Å²) in [6.07, 6.45) is 1.58. The molecule has 4 N–H and O–H groups in total. The summed E-state index contributed by atoms with van der Waals surface area (Å²) in [6, 6.07) is 8.49. The zero-order valence-electron chi connectivity index (χ0n) is 48.2. The molecule has 4 bridgehead atoms. The van der Waals surface area contributed by atoms with Gasteiger partial charge in [0, 0.05) is 83.3 Å². The summed E-state index contributed by atoms with van der Waals surface area (Å²) in [4.78, 5) is 102. The number of carboxylic acids is 1. The van der Waals surface area contributed by atoms with E-state index in [0.29, 0.717) is 30.2 Å². The average molecular weight is 1150 g/mol. The van der Waals surface area contributed by atoms with Crippen LogP contribution in [0.2, 0.25) is 5.02 Å². The zero-order chi connectivity index (χ0) is 59.3. The number of alkyl carbamates (subject to hydrolysis) is 1. The van der Waals surface area contributed by atoms with E-state index in [1.165, 1.54) is 30.9 Å². The fourth-order valence-electron chi connectivity index (χ4n) is 10.3. The number of carbonyl (C=O) groups excluding carboxylic acids is 6. The fraction of sp³-hybridized carbons (Fsp3) is 0.586. The third-order valence-corrected chi connectivity index (χ3v) is 16.0. The van der Waals surface area contributed by atoms with Crippen molar-refractivity contribution in [2.75, 3.05) is 72.7 Å². The van der Waals surface area contributed by atoms with Crippen molar-refractivity contribution in [3.8, 4) is 0 Å². The lowest BCUT2D eigenvalue weighted by molar-refractivity contribution is -0.162. The Hall–Kier alpha value is -6.27. The molecule has 9 atom stereocenters. The van der Waals surface area contributed by atoms with Crippen molar-refractivity contribution >= 4 is 69.9 Å². The topological polar surface area (TPSA) is 270 Å². The number of aryl methyl sites for hydroxylation is 2. The number of carboxylic acid groups (broad SMARTS) is 1. The SMILES string of the molecule is CCN(C)Cc1cc2cccnc2n1CCC(=O)C[C@@H](CC(=O)O)C(=O)NCCOCCOCCC(=O)N(C)[C@@H](C)C(=O)O[C@H]1CC(=O)N(C)c2cc(cc(C)c2Cl)C/C(C)=C/C=C/[C@@H](OC)[C@]2(O)C[C@H](OC(=O)N2)[C@@H](C)C2O[C@]21C. The second kappa shape index (κ2) is 28.6. The molecule has 3 aromatic rings. The molecule has 2 fully saturated rings. The maximum absolute atomic E-state index is 14.3. The van der Waals surface area contributed by atoms with Crippen molar-refractivity contribution in [1.29, 1.82) is 0 Å². The van der Waals surface area contributed by atoms with E-state index in [4.69, 9.17) is 40.0 Å². The third kappa shape index (κ3) is 16.7. The summed E-state index contributed by atoms with van der Waals surface area (Å²) < 4.78 is 37.0. The Bertz CT molecular complexity index is 2820. The van der Waals surface area contributed by atoms with Gasteiger partial charge in [0.15, 0.2) is 5.72 Å². The van der Waals surface area contributed by atoms with Crippen molar-refractivity contribution < 1.29 is 72.2 Å². The summed E-state index contributed by atoms with van der Waals surface area (Å²) in [6.45, 7) is 12.9. The van der Waals surface area contributed by atoms with Gasteiger partial charge in [-0.15, -0.1) is 0 Å².